The van der Waals surface area contributed by atoms with E-state index in [1.54, 1.807) is 0 Å². The highest BCUT2D eigenvalue weighted by Gasteiger charge is 2.32. The summed E-state index contributed by atoms with van der Waals surface area (Å²) in [7, 11) is 0. The van der Waals surface area contributed by atoms with E-state index < -0.39 is 6.08 Å². The highest BCUT2D eigenvalue weighted by Crippen LogP contribution is 2.41. The highest BCUT2D eigenvalue weighted by atomic mass is 19.3. The van der Waals surface area contributed by atoms with E-state index in [-0.39, 0.29) is 5.92 Å². The van der Waals surface area contributed by atoms with Gasteiger partial charge < -0.3 is 9.47 Å². The lowest BCUT2D eigenvalue weighted by atomic mass is 9.70. The van der Waals surface area contributed by atoms with Gasteiger partial charge in [-0.25, -0.2) is 0 Å². The molecule has 1 heterocycles. The van der Waals surface area contributed by atoms with E-state index in [9.17, 15) is 8.78 Å². The summed E-state index contributed by atoms with van der Waals surface area (Å²) in [6.07, 6.45) is 26.1. The van der Waals surface area contributed by atoms with Gasteiger partial charge in [0.05, 0.1) is 12.2 Å². The van der Waals surface area contributed by atoms with Crippen LogP contribution in [0.1, 0.15) is 116 Å². The molecular formula is C32H52F2O2. The molecule has 3 saturated carbocycles. The molecule has 0 aromatic heterocycles. The van der Waals surface area contributed by atoms with E-state index in [1.807, 2.05) is 0 Å². The average Bonchev–Trinajstić information content (AvgIpc) is 2.91. The molecule has 2 unspecified atom stereocenters. The van der Waals surface area contributed by atoms with E-state index in [1.165, 1.54) is 76.7 Å². The molecule has 0 N–H and O–H groups in total. The van der Waals surface area contributed by atoms with Crippen LogP contribution in [0.2, 0.25) is 0 Å². The topological polar surface area (TPSA) is 18.5 Å². The van der Waals surface area contributed by atoms with Gasteiger partial charge in [-0.1, -0.05) is 19.1 Å². The molecule has 2 atom stereocenters. The SMILES string of the molecule is CC/C=C/C1CCC(C2CCC(CCCOC3CCC(C4CCC(C=C(F)F)CC4)CC3)CO2)CC1. The maximum atomic E-state index is 12.5. The Morgan fingerprint density at radius 2 is 1.42 bits per heavy atom. The lowest BCUT2D eigenvalue weighted by molar-refractivity contribution is -0.0607. The summed E-state index contributed by atoms with van der Waals surface area (Å²) < 4.78 is 37.7. The first-order valence-corrected chi connectivity index (χ1v) is 15.5. The Bertz CT molecular complexity index is 656. The minimum absolute atomic E-state index is 0.111. The fourth-order valence-corrected chi connectivity index (χ4v) is 7.77. The van der Waals surface area contributed by atoms with E-state index in [4.69, 9.17) is 9.47 Å². The molecule has 206 valence electrons. The van der Waals surface area contributed by atoms with Crippen LogP contribution < -0.4 is 0 Å². The zero-order valence-electron chi connectivity index (χ0n) is 22.9. The first-order chi connectivity index (χ1) is 17.6. The molecule has 0 spiro atoms. The minimum Gasteiger partial charge on any atom is -0.378 e. The van der Waals surface area contributed by atoms with Crippen molar-refractivity contribution in [1.82, 2.24) is 0 Å². The zero-order valence-corrected chi connectivity index (χ0v) is 22.9. The Kier molecular flexibility index (Phi) is 11.8. The minimum atomic E-state index is -1.50. The Balaban J connectivity index is 1.02. The summed E-state index contributed by atoms with van der Waals surface area (Å²) in [4.78, 5) is 0. The van der Waals surface area contributed by atoms with Gasteiger partial charge in [0.2, 0.25) is 0 Å². The molecule has 1 aliphatic heterocycles. The number of allylic oxidation sites excluding steroid dienone is 3. The van der Waals surface area contributed by atoms with Crippen LogP contribution in [0.3, 0.4) is 0 Å². The second kappa shape index (κ2) is 15.0. The van der Waals surface area contributed by atoms with Crippen LogP contribution in [-0.2, 0) is 9.47 Å². The van der Waals surface area contributed by atoms with Crippen LogP contribution in [0.4, 0.5) is 8.78 Å². The third kappa shape index (κ3) is 8.93. The quantitative estimate of drug-likeness (QED) is 0.217. The Labute approximate surface area is 219 Å². The molecule has 4 aliphatic rings. The van der Waals surface area contributed by atoms with Gasteiger partial charge in [-0.15, -0.1) is 0 Å². The maximum absolute atomic E-state index is 12.5. The van der Waals surface area contributed by atoms with Crippen LogP contribution in [0.5, 0.6) is 0 Å². The van der Waals surface area contributed by atoms with Crippen LogP contribution >= 0.6 is 0 Å². The molecule has 4 heteroatoms. The summed E-state index contributed by atoms with van der Waals surface area (Å²) in [6, 6.07) is 0. The van der Waals surface area contributed by atoms with Gasteiger partial charge in [0.1, 0.15) is 0 Å². The van der Waals surface area contributed by atoms with Crippen molar-refractivity contribution in [3.05, 3.63) is 24.3 Å². The van der Waals surface area contributed by atoms with Crippen LogP contribution in [0.25, 0.3) is 0 Å². The van der Waals surface area contributed by atoms with Gasteiger partial charge in [0.15, 0.2) is 0 Å². The van der Waals surface area contributed by atoms with Gasteiger partial charge in [-0.2, -0.15) is 8.78 Å². The molecule has 4 fully saturated rings. The predicted molar refractivity (Wildman–Crippen MR) is 144 cm³/mol. The monoisotopic (exact) mass is 506 g/mol. The Morgan fingerprint density at radius 3 is 2.03 bits per heavy atom. The van der Waals surface area contributed by atoms with Gasteiger partial charge in [-0.05, 0) is 151 Å². The van der Waals surface area contributed by atoms with E-state index >= 15 is 0 Å². The van der Waals surface area contributed by atoms with Crippen molar-refractivity contribution < 1.29 is 18.3 Å². The number of hydrogen-bond donors (Lipinski definition) is 0. The largest absolute Gasteiger partial charge is 0.378 e. The van der Waals surface area contributed by atoms with Crippen molar-refractivity contribution >= 4 is 0 Å². The van der Waals surface area contributed by atoms with Crippen LogP contribution in [0.15, 0.2) is 24.3 Å². The second-order valence-electron chi connectivity index (χ2n) is 12.5. The summed E-state index contributed by atoms with van der Waals surface area (Å²) >= 11 is 0. The van der Waals surface area contributed by atoms with E-state index in [0.29, 0.717) is 12.2 Å². The maximum Gasteiger partial charge on any atom is 0.266 e. The lowest BCUT2D eigenvalue weighted by Crippen LogP contribution is -2.34. The Morgan fingerprint density at radius 1 is 0.778 bits per heavy atom. The van der Waals surface area contributed by atoms with Crippen molar-refractivity contribution in [3.63, 3.8) is 0 Å². The fraction of sp³-hybridized carbons (Fsp3) is 0.875. The summed E-state index contributed by atoms with van der Waals surface area (Å²) in [5.41, 5.74) is 0. The van der Waals surface area contributed by atoms with Crippen molar-refractivity contribution in [2.24, 2.45) is 35.5 Å². The van der Waals surface area contributed by atoms with Crippen molar-refractivity contribution in [3.8, 4) is 0 Å². The first kappa shape index (κ1) is 28.3. The summed E-state index contributed by atoms with van der Waals surface area (Å²) in [5.74, 6) is 3.98. The molecular weight excluding hydrogens is 454 g/mol. The zero-order chi connectivity index (χ0) is 25.2. The van der Waals surface area contributed by atoms with Crippen molar-refractivity contribution in [2.45, 2.75) is 128 Å². The standard InChI is InChI=1S/C32H52F2O2/c1-2-3-5-24-7-14-29(15-8-24)31-20-11-26(23-36-31)6-4-21-35-30-18-16-28(17-19-30)27-12-9-25(10-13-27)22-32(33)34/h3,5,22,24-31H,2,4,6-21,23H2,1H3/b5-3+. The molecule has 0 aromatic rings. The van der Waals surface area contributed by atoms with Gasteiger partial charge in [0.25, 0.3) is 6.08 Å². The molecule has 4 rings (SSSR count). The normalized spacial score (nSPS) is 38.2. The van der Waals surface area contributed by atoms with Crippen molar-refractivity contribution in [1.29, 1.82) is 0 Å². The molecule has 0 radical (unpaired) electrons. The predicted octanol–water partition coefficient (Wildman–Crippen LogP) is 9.50. The van der Waals surface area contributed by atoms with Crippen molar-refractivity contribution in [2.75, 3.05) is 13.2 Å². The molecule has 0 aromatic carbocycles. The number of halogens is 2. The number of hydrogen-bond acceptors (Lipinski definition) is 2. The number of rotatable bonds is 10. The van der Waals surface area contributed by atoms with E-state index in [2.05, 4.69) is 19.1 Å². The van der Waals surface area contributed by atoms with Gasteiger partial charge in [-0.3, -0.25) is 0 Å². The van der Waals surface area contributed by atoms with Gasteiger partial charge >= 0.3 is 0 Å². The molecule has 36 heavy (non-hydrogen) atoms. The molecule has 0 amide bonds. The molecule has 1 saturated heterocycles. The van der Waals surface area contributed by atoms with E-state index in [0.717, 1.165) is 81.3 Å². The average molecular weight is 507 g/mol. The molecule has 2 nitrogen and oxygen atoms in total. The fourth-order valence-electron chi connectivity index (χ4n) is 7.77. The summed E-state index contributed by atoms with van der Waals surface area (Å²) in [6.45, 7) is 4.08. The highest BCUT2D eigenvalue weighted by molar-refractivity contribution is 4.93. The third-order valence-corrected chi connectivity index (χ3v) is 10.1. The van der Waals surface area contributed by atoms with Gasteiger partial charge in [0, 0.05) is 13.2 Å². The molecule has 0 bridgehead atoms. The number of ether oxygens (including phenoxy) is 2. The third-order valence-electron chi connectivity index (χ3n) is 10.1. The lowest BCUT2D eigenvalue weighted by Gasteiger charge is -2.38. The smallest absolute Gasteiger partial charge is 0.266 e. The second-order valence-corrected chi connectivity index (χ2v) is 12.5. The Hall–Kier alpha value is -0.740. The van der Waals surface area contributed by atoms with Crippen LogP contribution in [-0.4, -0.2) is 25.4 Å². The first-order valence-electron chi connectivity index (χ1n) is 15.5. The van der Waals surface area contributed by atoms with Crippen LogP contribution in [0, 0.1) is 35.5 Å². The molecule has 3 aliphatic carbocycles. The summed E-state index contributed by atoms with van der Waals surface area (Å²) in [5, 5.41) is 0.